The molecule has 1 aromatic heterocycles. The van der Waals surface area contributed by atoms with Gasteiger partial charge in [0, 0.05) is 11.1 Å². The molecule has 4 saturated carbocycles. The first-order valence-electron chi connectivity index (χ1n) is 10.1. The minimum atomic E-state index is -0.394. The zero-order valence-electron chi connectivity index (χ0n) is 15.9. The van der Waals surface area contributed by atoms with Crippen LogP contribution >= 0.6 is 11.8 Å². The molecule has 0 saturated heterocycles. The molecule has 0 aliphatic heterocycles. The molecule has 0 radical (unpaired) electrons. The van der Waals surface area contributed by atoms with E-state index >= 15 is 0 Å². The summed E-state index contributed by atoms with van der Waals surface area (Å²) in [5, 5.41) is 11.5. The van der Waals surface area contributed by atoms with Gasteiger partial charge in [-0.3, -0.25) is 4.79 Å². The molecule has 7 heteroatoms. The fourth-order valence-corrected chi connectivity index (χ4v) is 6.51. The molecule has 4 aliphatic carbocycles. The summed E-state index contributed by atoms with van der Waals surface area (Å²) in [6, 6.07) is 5.73. The van der Waals surface area contributed by atoms with E-state index in [1.165, 1.54) is 62.4 Å². The van der Waals surface area contributed by atoms with Crippen molar-refractivity contribution in [3.63, 3.8) is 0 Å². The number of nitrogens with one attached hydrogen (secondary N) is 1. The minimum absolute atomic E-state index is 0.0696. The van der Waals surface area contributed by atoms with Gasteiger partial charge in [0.05, 0.1) is 5.25 Å². The molecule has 1 N–H and O–H groups in total. The molecule has 0 spiro atoms. The number of benzene rings is 1. The van der Waals surface area contributed by atoms with Crippen LogP contribution in [-0.4, -0.2) is 21.4 Å². The first-order chi connectivity index (χ1) is 13.5. The second kappa shape index (κ2) is 6.87. The highest BCUT2D eigenvalue weighted by Gasteiger charge is 2.54. The lowest BCUT2D eigenvalue weighted by Crippen LogP contribution is -2.48. The number of aromatic nitrogens is 2. The lowest BCUT2D eigenvalue weighted by Gasteiger charge is -2.55. The van der Waals surface area contributed by atoms with Crippen molar-refractivity contribution in [3.05, 3.63) is 36.0 Å². The lowest BCUT2D eigenvalue weighted by molar-refractivity contribution is -0.115. The van der Waals surface area contributed by atoms with Gasteiger partial charge < -0.3 is 9.73 Å². The van der Waals surface area contributed by atoms with Gasteiger partial charge in [-0.2, -0.15) is 0 Å². The van der Waals surface area contributed by atoms with Crippen LogP contribution in [0.1, 0.15) is 51.3 Å². The predicted octanol–water partition coefficient (Wildman–Crippen LogP) is 4.80. The Kier molecular flexibility index (Phi) is 4.45. The summed E-state index contributed by atoms with van der Waals surface area (Å²) in [6.45, 7) is 1.80. The number of carbonyl (C=O) groups excluding carboxylic acids is 1. The summed E-state index contributed by atoms with van der Waals surface area (Å²) in [7, 11) is 0. The topological polar surface area (TPSA) is 68.0 Å². The zero-order chi connectivity index (χ0) is 19.3. The highest BCUT2D eigenvalue weighted by molar-refractivity contribution is 8.00. The molecular formula is C21H24FN3O2S. The molecule has 148 valence electrons. The highest BCUT2D eigenvalue weighted by Crippen LogP contribution is 2.60. The molecular weight excluding hydrogens is 377 g/mol. The van der Waals surface area contributed by atoms with E-state index in [2.05, 4.69) is 15.5 Å². The van der Waals surface area contributed by atoms with Gasteiger partial charge >= 0.3 is 0 Å². The minimum Gasteiger partial charge on any atom is -0.415 e. The van der Waals surface area contributed by atoms with Gasteiger partial charge in [-0.05, 0) is 87.5 Å². The first-order valence-corrected chi connectivity index (χ1v) is 10.9. The van der Waals surface area contributed by atoms with E-state index in [1.807, 2.05) is 0 Å². The van der Waals surface area contributed by atoms with Gasteiger partial charge in [-0.15, -0.1) is 10.2 Å². The number of carbonyl (C=O) groups is 1. The van der Waals surface area contributed by atoms with Crippen LogP contribution in [0.5, 0.6) is 0 Å². The molecule has 6 rings (SSSR count). The predicted molar refractivity (Wildman–Crippen MR) is 104 cm³/mol. The fraction of sp³-hybridized carbons (Fsp3) is 0.571. The monoisotopic (exact) mass is 401 g/mol. The van der Waals surface area contributed by atoms with Crippen LogP contribution in [0.3, 0.4) is 0 Å². The van der Waals surface area contributed by atoms with Crippen molar-refractivity contribution in [1.29, 1.82) is 0 Å². The number of hydrogen-bond acceptors (Lipinski definition) is 5. The van der Waals surface area contributed by atoms with Crippen LogP contribution in [0.15, 0.2) is 33.9 Å². The van der Waals surface area contributed by atoms with E-state index in [0.717, 1.165) is 23.6 Å². The van der Waals surface area contributed by atoms with E-state index in [-0.39, 0.29) is 17.1 Å². The average Bonchev–Trinajstić information content (AvgIpc) is 3.12. The maximum Gasteiger partial charge on any atom is 0.277 e. The Morgan fingerprint density at radius 1 is 1.14 bits per heavy atom. The van der Waals surface area contributed by atoms with Gasteiger partial charge in [-0.1, -0.05) is 11.8 Å². The van der Waals surface area contributed by atoms with E-state index < -0.39 is 5.25 Å². The maximum absolute atomic E-state index is 13.0. The normalized spacial score (nSPS) is 31.7. The van der Waals surface area contributed by atoms with Crippen molar-refractivity contribution >= 4 is 23.4 Å². The van der Waals surface area contributed by atoms with Crippen LogP contribution in [0.4, 0.5) is 10.1 Å². The average molecular weight is 402 g/mol. The van der Waals surface area contributed by atoms with Gasteiger partial charge in [0.2, 0.25) is 11.8 Å². The fourth-order valence-electron chi connectivity index (χ4n) is 5.83. The van der Waals surface area contributed by atoms with Crippen LogP contribution in [-0.2, 0) is 10.2 Å². The Balaban J connectivity index is 1.25. The molecule has 1 heterocycles. The van der Waals surface area contributed by atoms with Gasteiger partial charge in [0.1, 0.15) is 5.82 Å². The third-order valence-electron chi connectivity index (χ3n) is 6.66. The summed E-state index contributed by atoms with van der Waals surface area (Å²) >= 11 is 1.27. The Hall–Kier alpha value is -1.89. The van der Waals surface area contributed by atoms with E-state index in [0.29, 0.717) is 10.9 Å². The van der Waals surface area contributed by atoms with E-state index in [1.54, 1.807) is 19.1 Å². The number of nitrogens with zero attached hydrogens (tertiary/aromatic N) is 2. The highest BCUT2D eigenvalue weighted by atomic mass is 32.2. The van der Waals surface area contributed by atoms with Crippen LogP contribution in [0.2, 0.25) is 0 Å². The third-order valence-corrected chi connectivity index (χ3v) is 7.59. The number of amides is 1. The van der Waals surface area contributed by atoms with Gasteiger partial charge in [-0.25, -0.2) is 4.39 Å². The van der Waals surface area contributed by atoms with Crippen molar-refractivity contribution in [2.24, 2.45) is 17.8 Å². The van der Waals surface area contributed by atoms with Gasteiger partial charge in [0.25, 0.3) is 5.22 Å². The molecule has 4 fully saturated rings. The summed E-state index contributed by atoms with van der Waals surface area (Å²) < 4.78 is 19.1. The van der Waals surface area contributed by atoms with E-state index in [9.17, 15) is 9.18 Å². The largest absolute Gasteiger partial charge is 0.415 e. The third kappa shape index (κ3) is 3.34. The molecule has 28 heavy (non-hydrogen) atoms. The number of halogens is 1. The van der Waals surface area contributed by atoms with Crippen molar-refractivity contribution in [2.45, 2.75) is 61.3 Å². The number of anilines is 1. The van der Waals surface area contributed by atoms with Crippen LogP contribution < -0.4 is 5.32 Å². The summed E-state index contributed by atoms with van der Waals surface area (Å²) in [5.41, 5.74) is 0.638. The second-order valence-electron chi connectivity index (χ2n) is 8.83. The number of hydrogen-bond donors (Lipinski definition) is 1. The standard InChI is InChI=1S/C21H24FN3O2S/c1-12(18(26)23-17-4-2-16(22)3-5-17)28-20-25-24-19(27-20)21-9-13-6-14(10-21)8-15(7-13)11-21/h2-5,12-15H,6-11H2,1H3,(H,23,26)/t12-,13?,14?,15?,21?/m1/s1. The molecule has 1 aromatic carbocycles. The van der Waals surface area contributed by atoms with Crippen molar-refractivity contribution in [3.8, 4) is 0 Å². The number of rotatable bonds is 5. The van der Waals surface area contributed by atoms with Crippen LogP contribution in [0.25, 0.3) is 0 Å². The molecule has 4 bridgehead atoms. The summed E-state index contributed by atoms with van der Waals surface area (Å²) in [6.07, 6.45) is 7.63. The smallest absolute Gasteiger partial charge is 0.277 e. The zero-order valence-corrected chi connectivity index (χ0v) is 16.7. The maximum atomic E-state index is 13.0. The molecule has 0 unspecified atom stereocenters. The quantitative estimate of drug-likeness (QED) is 0.729. The lowest BCUT2D eigenvalue weighted by atomic mass is 9.49. The molecule has 5 nitrogen and oxygen atoms in total. The van der Waals surface area contributed by atoms with Crippen molar-refractivity contribution in [1.82, 2.24) is 10.2 Å². The van der Waals surface area contributed by atoms with Crippen LogP contribution in [0, 0.1) is 23.6 Å². The first kappa shape index (κ1) is 18.2. The Labute approximate surface area is 167 Å². The summed E-state index contributed by atoms with van der Waals surface area (Å²) in [5.74, 6) is 2.72. The van der Waals surface area contributed by atoms with E-state index in [4.69, 9.17) is 4.42 Å². The van der Waals surface area contributed by atoms with Crippen molar-refractivity contribution < 1.29 is 13.6 Å². The molecule has 1 amide bonds. The Morgan fingerprint density at radius 2 is 1.75 bits per heavy atom. The Bertz CT molecular complexity index is 847. The molecule has 1 atom stereocenters. The van der Waals surface area contributed by atoms with Gasteiger partial charge in [0.15, 0.2) is 0 Å². The Morgan fingerprint density at radius 3 is 2.36 bits per heavy atom. The molecule has 4 aliphatic rings. The van der Waals surface area contributed by atoms with Crippen molar-refractivity contribution in [2.75, 3.05) is 5.32 Å². The molecule has 2 aromatic rings. The SMILES string of the molecule is C[C@@H](Sc1nnc(C23CC4CC(CC(C4)C2)C3)o1)C(=O)Nc1ccc(F)cc1. The summed E-state index contributed by atoms with van der Waals surface area (Å²) in [4.78, 5) is 12.4. The number of thioether (sulfide) groups is 1. The second-order valence-corrected chi connectivity index (χ2v) is 10.1.